The zero-order valence-electron chi connectivity index (χ0n) is 12.3. The highest BCUT2D eigenvalue weighted by molar-refractivity contribution is 7.17. The zero-order chi connectivity index (χ0) is 14.7. The van der Waals surface area contributed by atoms with Crippen LogP contribution in [0, 0.1) is 5.41 Å². The van der Waals surface area contributed by atoms with Crippen molar-refractivity contribution in [3.8, 4) is 0 Å². The summed E-state index contributed by atoms with van der Waals surface area (Å²) < 4.78 is 6.54. The Morgan fingerprint density at radius 1 is 1.52 bits per heavy atom. The van der Waals surface area contributed by atoms with E-state index in [1.807, 2.05) is 11.4 Å². The Morgan fingerprint density at radius 3 is 3.05 bits per heavy atom. The maximum Gasteiger partial charge on any atom is 0.268 e. The van der Waals surface area contributed by atoms with Crippen LogP contribution < -0.4 is 5.56 Å². The first-order valence-corrected chi connectivity index (χ1v) is 8.14. The molecule has 4 heterocycles. The molecular weight excluding hydrogens is 286 g/mol. The van der Waals surface area contributed by atoms with Crippen LogP contribution in [0.4, 0.5) is 0 Å². The van der Waals surface area contributed by atoms with Crippen LogP contribution >= 0.6 is 11.3 Å². The van der Waals surface area contributed by atoms with Crippen LogP contribution in [0.1, 0.15) is 25.6 Å². The summed E-state index contributed by atoms with van der Waals surface area (Å²) in [6.45, 7) is 4.72. The molecule has 1 aliphatic carbocycles. The van der Waals surface area contributed by atoms with Gasteiger partial charge in [-0.3, -0.25) is 9.69 Å². The number of rotatable bonds is 4. The van der Waals surface area contributed by atoms with Gasteiger partial charge < -0.3 is 9.72 Å². The van der Waals surface area contributed by atoms with Crippen molar-refractivity contribution >= 4 is 21.6 Å². The Morgan fingerprint density at radius 2 is 2.33 bits per heavy atom. The molecule has 2 aromatic rings. The lowest BCUT2D eigenvalue weighted by Crippen LogP contribution is -2.47. The van der Waals surface area contributed by atoms with Gasteiger partial charge in [0.15, 0.2) is 0 Å². The van der Waals surface area contributed by atoms with Crippen molar-refractivity contribution in [2.45, 2.75) is 31.9 Å². The Balaban J connectivity index is 1.48. The van der Waals surface area contributed by atoms with Crippen LogP contribution in [-0.4, -0.2) is 40.7 Å². The van der Waals surface area contributed by atoms with Crippen LogP contribution in [-0.2, 0) is 11.3 Å². The molecule has 5 rings (SSSR count). The molecule has 0 unspecified atom stereocenters. The molecule has 2 saturated heterocycles. The van der Waals surface area contributed by atoms with Gasteiger partial charge in [-0.05, 0) is 38.3 Å². The first-order valence-electron chi connectivity index (χ1n) is 7.26. The van der Waals surface area contributed by atoms with Crippen LogP contribution in [0.5, 0.6) is 0 Å². The van der Waals surface area contributed by atoms with E-state index in [1.54, 1.807) is 0 Å². The number of hydrogen-bond acceptors (Lipinski definition) is 5. The molecule has 2 bridgehead atoms. The number of thiophene rings is 1. The van der Waals surface area contributed by atoms with Crippen LogP contribution in [0.25, 0.3) is 10.2 Å². The number of nitrogens with zero attached hydrogens (tertiary/aromatic N) is 2. The molecule has 0 aromatic carbocycles. The van der Waals surface area contributed by atoms with Crippen molar-refractivity contribution in [3.05, 3.63) is 27.6 Å². The third kappa shape index (κ3) is 2.22. The van der Waals surface area contributed by atoms with E-state index in [1.165, 1.54) is 11.3 Å². The molecule has 6 heteroatoms. The van der Waals surface area contributed by atoms with E-state index in [-0.39, 0.29) is 11.2 Å². The second-order valence-corrected chi connectivity index (χ2v) is 7.83. The molecule has 0 spiro atoms. The summed E-state index contributed by atoms with van der Waals surface area (Å²) >= 11 is 1.44. The molecule has 2 aromatic heterocycles. The van der Waals surface area contributed by atoms with Crippen molar-refractivity contribution in [2.75, 3.05) is 20.2 Å². The predicted molar refractivity (Wildman–Crippen MR) is 82.6 cm³/mol. The summed E-state index contributed by atoms with van der Waals surface area (Å²) in [5.41, 5.74) is 1.21. The average molecular weight is 305 g/mol. The Kier molecular flexibility index (Phi) is 2.80. The average Bonchev–Trinajstić information content (AvgIpc) is 3.01. The largest absolute Gasteiger partial charge is 0.375 e. The SMILES string of the molecule is CN(Cc1nc2ccsc2c(=O)[nH]1)CC12COC(C)(C1)C2. The first kappa shape index (κ1) is 13.4. The molecule has 0 atom stereocenters. The van der Waals surface area contributed by atoms with Crippen LogP contribution in [0.2, 0.25) is 0 Å². The smallest absolute Gasteiger partial charge is 0.268 e. The van der Waals surface area contributed by atoms with Gasteiger partial charge in [-0.15, -0.1) is 11.3 Å². The second-order valence-electron chi connectivity index (χ2n) is 6.91. The van der Waals surface area contributed by atoms with Crippen molar-refractivity contribution < 1.29 is 4.74 Å². The quantitative estimate of drug-likeness (QED) is 0.938. The molecule has 3 fully saturated rings. The standard InChI is InChI=1S/C15H19N3O2S/c1-14-6-15(7-14,9-20-14)8-18(2)5-11-16-10-3-4-21-12(10)13(19)17-11/h3-4H,5-9H2,1-2H3,(H,16,17,19). The molecule has 112 valence electrons. The fraction of sp³-hybridized carbons (Fsp3) is 0.600. The highest BCUT2D eigenvalue weighted by atomic mass is 32.1. The molecule has 21 heavy (non-hydrogen) atoms. The second kappa shape index (κ2) is 4.38. The fourth-order valence-electron chi connectivity index (χ4n) is 4.10. The predicted octanol–water partition coefficient (Wildman–Crippen LogP) is 1.99. The molecular formula is C15H19N3O2S. The van der Waals surface area contributed by atoms with E-state index in [9.17, 15) is 4.79 Å². The third-order valence-electron chi connectivity index (χ3n) is 4.61. The maximum absolute atomic E-state index is 12.0. The van der Waals surface area contributed by atoms with Crippen molar-refractivity contribution in [3.63, 3.8) is 0 Å². The van der Waals surface area contributed by atoms with Gasteiger partial charge in [-0.2, -0.15) is 0 Å². The molecule has 5 nitrogen and oxygen atoms in total. The number of ether oxygens (including phenoxy) is 1. The minimum atomic E-state index is -0.0306. The minimum absolute atomic E-state index is 0.0306. The summed E-state index contributed by atoms with van der Waals surface area (Å²) in [5.74, 6) is 0.741. The summed E-state index contributed by atoms with van der Waals surface area (Å²) in [5, 5.41) is 1.91. The molecule has 1 saturated carbocycles. The van der Waals surface area contributed by atoms with E-state index in [2.05, 4.69) is 28.8 Å². The number of aromatic amines is 1. The van der Waals surface area contributed by atoms with E-state index in [0.29, 0.717) is 16.7 Å². The number of H-pyrrole nitrogens is 1. The van der Waals surface area contributed by atoms with Crippen molar-refractivity contribution in [2.24, 2.45) is 5.41 Å². The van der Waals surface area contributed by atoms with E-state index in [0.717, 1.165) is 37.3 Å². The molecule has 0 amide bonds. The minimum Gasteiger partial charge on any atom is -0.375 e. The van der Waals surface area contributed by atoms with Gasteiger partial charge >= 0.3 is 0 Å². The highest BCUT2D eigenvalue weighted by Gasteiger charge is 2.59. The van der Waals surface area contributed by atoms with E-state index < -0.39 is 0 Å². The van der Waals surface area contributed by atoms with Crippen LogP contribution in [0.15, 0.2) is 16.2 Å². The highest BCUT2D eigenvalue weighted by Crippen LogP contribution is 2.57. The lowest BCUT2D eigenvalue weighted by Gasteiger charge is -2.44. The van der Waals surface area contributed by atoms with Gasteiger partial charge in [0.2, 0.25) is 0 Å². The summed E-state index contributed by atoms with van der Waals surface area (Å²) in [4.78, 5) is 21.7. The van der Waals surface area contributed by atoms with Gasteiger partial charge in [0.05, 0.1) is 24.3 Å². The van der Waals surface area contributed by atoms with Gasteiger partial charge in [0.1, 0.15) is 10.5 Å². The maximum atomic E-state index is 12.0. The summed E-state index contributed by atoms with van der Waals surface area (Å²) in [6, 6.07) is 1.90. The fourth-order valence-corrected chi connectivity index (χ4v) is 4.83. The third-order valence-corrected chi connectivity index (χ3v) is 5.52. The van der Waals surface area contributed by atoms with E-state index >= 15 is 0 Å². The van der Waals surface area contributed by atoms with Crippen LogP contribution in [0.3, 0.4) is 0 Å². The molecule has 3 aliphatic rings. The first-order chi connectivity index (χ1) is 9.97. The number of hydrogen-bond donors (Lipinski definition) is 1. The summed E-state index contributed by atoms with van der Waals surface area (Å²) in [7, 11) is 2.08. The summed E-state index contributed by atoms with van der Waals surface area (Å²) in [6.07, 6.45) is 2.30. The lowest BCUT2D eigenvalue weighted by atomic mass is 9.63. The zero-order valence-corrected chi connectivity index (χ0v) is 13.1. The van der Waals surface area contributed by atoms with Gasteiger partial charge in [0, 0.05) is 12.0 Å². The topological polar surface area (TPSA) is 58.2 Å². The lowest BCUT2D eigenvalue weighted by molar-refractivity contribution is -0.00420. The van der Waals surface area contributed by atoms with E-state index in [4.69, 9.17) is 4.74 Å². The number of fused-ring (bicyclic) bond motifs is 2. The molecule has 2 aliphatic heterocycles. The number of nitrogens with one attached hydrogen (secondary N) is 1. The number of aromatic nitrogens is 2. The Labute approximate surface area is 127 Å². The van der Waals surface area contributed by atoms with Gasteiger partial charge in [0.25, 0.3) is 5.56 Å². The Bertz CT molecular complexity index is 745. The van der Waals surface area contributed by atoms with Gasteiger partial charge in [-0.1, -0.05) is 0 Å². The Hall–Kier alpha value is -1.24. The molecule has 0 radical (unpaired) electrons. The molecule has 1 N–H and O–H groups in total. The normalized spacial score (nSPS) is 31.0. The van der Waals surface area contributed by atoms with Gasteiger partial charge in [-0.25, -0.2) is 4.98 Å². The van der Waals surface area contributed by atoms with Crippen molar-refractivity contribution in [1.29, 1.82) is 0 Å². The monoisotopic (exact) mass is 305 g/mol. The van der Waals surface area contributed by atoms with Crippen molar-refractivity contribution in [1.82, 2.24) is 14.9 Å².